The van der Waals surface area contributed by atoms with E-state index in [0.29, 0.717) is 12.5 Å². The van der Waals surface area contributed by atoms with Gasteiger partial charge >= 0.3 is 0 Å². The molecule has 0 unspecified atom stereocenters. The highest BCUT2D eigenvalue weighted by molar-refractivity contribution is 5.46. The molecular weight excluding hydrogens is 266 g/mol. The van der Waals surface area contributed by atoms with Gasteiger partial charge in [0.1, 0.15) is 0 Å². The Labute approximate surface area is 128 Å². The largest absolute Gasteiger partial charge is 0.493 e. The number of rotatable bonds is 11. The highest BCUT2D eigenvalue weighted by atomic mass is 16.5. The quantitative estimate of drug-likeness (QED) is 0.636. The van der Waals surface area contributed by atoms with E-state index in [-0.39, 0.29) is 0 Å². The van der Waals surface area contributed by atoms with Gasteiger partial charge < -0.3 is 19.5 Å². The van der Waals surface area contributed by atoms with Gasteiger partial charge in [0.05, 0.1) is 13.7 Å². The van der Waals surface area contributed by atoms with Crippen molar-refractivity contribution in [3.8, 4) is 11.5 Å². The van der Waals surface area contributed by atoms with Crippen molar-refractivity contribution < 1.29 is 14.2 Å². The molecule has 0 saturated carbocycles. The third kappa shape index (κ3) is 6.82. The summed E-state index contributed by atoms with van der Waals surface area (Å²) in [6, 6.07) is 6.01. The van der Waals surface area contributed by atoms with Crippen LogP contribution < -0.4 is 14.8 Å². The molecule has 0 aromatic heterocycles. The second-order valence-corrected chi connectivity index (χ2v) is 5.37. The molecule has 1 aromatic carbocycles. The Bertz CT molecular complexity index is 394. The Balaban J connectivity index is 2.59. The maximum atomic E-state index is 5.92. The average molecular weight is 295 g/mol. The van der Waals surface area contributed by atoms with Crippen LogP contribution in [0.25, 0.3) is 0 Å². The summed E-state index contributed by atoms with van der Waals surface area (Å²) >= 11 is 0. The summed E-state index contributed by atoms with van der Waals surface area (Å²) in [5.74, 6) is 2.26. The molecule has 1 N–H and O–H groups in total. The van der Waals surface area contributed by atoms with Gasteiger partial charge in [-0.15, -0.1) is 0 Å². The zero-order valence-electron chi connectivity index (χ0n) is 13.8. The molecule has 0 fully saturated rings. The topological polar surface area (TPSA) is 39.7 Å². The lowest BCUT2D eigenvalue weighted by Crippen LogP contribution is -2.19. The minimum Gasteiger partial charge on any atom is -0.493 e. The van der Waals surface area contributed by atoms with Crippen molar-refractivity contribution in [2.24, 2.45) is 5.92 Å². The van der Waals surface area contributed by atoms with E-state index in [2.05, 4.69) is 25.2 Å². The summed E-state index contributed by atoms with van der Waals surface area (Å²) in [5.41, 5.74) is 1.13. The third-order valence-corrected chi connectivity index (χ3v) is 3.03. The minimum absolute atomic E-state index is 0.631. The Hall–Kier alpha value is -1.26. The number of benzene rings is 1. The number of para-hydroxylation sites is 1. The Kier molecular flexibility index (Phi) is 8.87. The third-order valence-electron chi connectivity index (χ3n) is 3.03. The van der Waals surface area contributed by atoms with Crippen molar-refractivity contribution in [3.63, 3.8) is 0 Å². The number of hydrogen-bond donors (Lipinski definition) is 1. The minimum atomic E-state index is 0.631. The number of hydrogen-bond acceptors (Lipinski definition) is 4. The predicted octanol–water partition coefficient (Wildman–Crippen LogP) is 3.25. The standard InChI is InChI=1S/C17H29NO3/c1-5-20-10-7-11-21-17-15(13-18-12-14(2)3)8-6-9-16(17)19-4/h6,8-9,14,18H,5,7,10-13H2,1-4H3. The van der Waals surface area contributed by atoms with E-state index in [4.69, 9.17) is 14.2 Å². The molecule has 0 aliphatic rings. The van der Waals surface area contributed by atoms with Crippen LogP contribution in [0.15, 0.2) is 18.2 Å². The smallest absolute Gasteiger partial charge is 0.165 e. The molecule has 21 heavy (non-hydrogen) atoms. The van der Waals surface area contributed by atoms with E-state index in [1.807, 2.05) is 19.1 Å². The molecule has 0 bridgehead atoms. The first kappa shape index (κ1) is 17.8. The van der Waals surface area contributed by atoms with E-state index < -0.39 is 0 Å². The van der Waals surface area contributed by atoms with Gasteiger partial charge in [0.25, 0.3) is 0 Å². The van der Waals surface area contributed by atoms with Gasteiger partial charge in [0.15, 0.2) is 11.5 Å². The molecule has 1 aromatic rings. The Morgan fingerprint density at radius 1 is 1.19 bits per heavy atom. The summed E-state index contributed by atoms with van der Waals surface area (Å²) in [6.45, 7) is 10.3. The summed E-state index contributed by atoms with van der Waals surface area (Å²) in [5, 5.41) is 3.44. The van der Waals surface area contributed by atoms with Crippen molar-refractivity contribution >= 4 is 0 Å². The molecule has 120 valence electrons. The lowest BCUT2D eigenvalue weighted by atomic mass is 10.1. The molecular formula is C17H29NO3. The van der Waals surface area contributed by atoms with Crippen LogP contribution in [0.2, 0.25) is 0 Å². The number of ether oxygens (including phenoxy) is 3. The van der Waals surface area contributed by atoms with Crippen LogP contribution in [0.4, 0.5) is 0 Å². The van der Waals surface area contributed by atoms with E-state index in [1.165, 1.54) is 0 Å². The maximum Gasteiger partial charge on any atom is 0.165 e. The van der Waals surface area contributed by atoms with Gasteiger partial charge in [0, 0.05) is 31.7 Å². The fourth-order valence-electron chi connectivity index (χ4n) is 2.00. The molecule has 0 spiro atoms. The van der Waals surface area contributed by atoms with Crippen LogP contribution in [0.5, 0.6) is 11.5 Å². The van der Waals surface area contributed by atoms with Crippen LogP contribution in [-0.4, -0.2) is 33.5 Å². The SMILES string of the molecule is CCOCCCOc1c(CNCC(C)C)cccc1OC. The molecule has 1 rings (SSSR count). The van der Waals surface area contributed by atoms with E-state index in [1.54, 1.807) is 7.11 Å². The van der Waals surface area contributed by atoms with Gasteiger partial charge in [-0.1, -0.05) is 26.0 Å². The molecule has 4 heteroatoms. The van der Waals surface area contributed by atoms with Crippen molar-refractivity contribution in [1.29, 1.82) is 0 Å². The van der Waals surface area contributed by atoms with Crippen LogP contribution in [0, 0.1) is 5.92 Å². The van der Waals surface area contributed by atoms with Gasteiger partial charge in [-0.3, -0.25) is 0 Å². The summed E-state index contributed by atoms with van der Waals surface area (Å²) < 4.78 is 16.7. The Morgan fingerprint density at radius 3 is 2.67 bits per heavy atom. The summed E-state index contributed by atoms with van der Waals surface area (Å²) in [6.07, 6.45) is 0.880. The fraction of sp³-hybridized carbons (Fsp3) is 0.647. The monoisotopic (exact) mass is 295 g/mol. The van der Waals surface area contributed by atoms with E-state index in [9.17, 15) is 0 Å². The summed E-state index contributed by atoms with van der Waals surface area (Å²) in [4.78, 5) is 0. The van der Waals surface area contributed by atoms with Crippen molar-refractivity contribution in [1.82, 2.24) is 5.32 Å². The van der Waals surface area contributed by atoms with Crippen LogP contribution in [0.3, 0.4) is 0 Å². The lowest BCUT2D eigenvalue weighted by Gasteiger charge is -2.16. The second-order valence-electron chi connectivity index (χ2n) is 5.37. The molecule has 0 radical (unpaired) electrons. The van der Waals surface area contributed by atoms with Crippen molar-refractivity contribution in [2.75, 3.05) is 33.5 Å². The number of methoxy groups -OCH3 is 1. The molecule has 0 heterocycles. The van der Waals surface area contributed by atoms with Gasteiger partial charge in [-0.05, 0) is 25.5 Å². The van der Waals surface area contributed by atoms with Crippen LogP contribution >= 0.6 is 0 Å². The Morgan fingerprint density at radius 2 is 2.00 bits per heavy atom. The predicted molar refractivity (Wildman–Crippen MR) is 86.1 cm³/mol. The summed E-state index contributed by atoms with van der Waals surface area (Å²) in [7, 11) is 1.67. The highest BCUT2D eigenvalue weighted by Gasteiger charge is 2.10. The van der Waals surface area contributed by atoms with Crippen LogP contribution in [0.1, 0.15) is 32.8 Å². The van der Waals surface area contributed by atoms with Crippen molar-refractivity contribution in [3.05, 3.63) is 23.8 Å². The first-order valence-corrected chi connectivity index (χ1v) is 7.76. The number of nitrogens with one attached hydrogen (secondary N) is 1. The lowest BCUT2D eigenvalue weighted by molar-refractivity contribution is 0.130. The highest BCUT2D eigenvalue weighted by Crippen LogP contribution is 2.31. The second kappa shape index (κ2) is 10.5. The normalized spacial score (nSPS) is 10.9. The molecule has 0 amide bonds. The van der Waals surface area contributed by atoms with Gasteiger partial charge in [0.2, 0.25) is 0 Å². The van der Waals surface area contributed by atoms with Gasteiger partial charge in [-0.25, -0.2) is 0 Å². The first-order chi connectivity index (χ1) is 10.2. The van der Waals surface area contributed by atoms with Gasteiger partial charge in [-0.2, -0.15) is 0 Å². The first-order valence-electron chi connectivity index (χ1n) is 7.76. The van der Waals surface area contributed by atoms with E-state index in [0.717, 1.165) is 49.8 Å². The zero-order chi connectivity index (χ0) is 15.5. The zero-order valence-corrected chi connectivity index (χ0v) is 13.8. The fourth-order valence-corrected chi connectivity index (χ4v) is 2.00. The molecule has 0 atom stereocenters. The molecule has 4 nitrogen and oxygen atoms in total. The molecule has 0 saturated heterocycles. The van der Waals surface area contributed by atoms with E-state index >= 15 is 0 Å². The average Bonchev–Trinajstić information content (AvgIpc) is 2.47. The van der Waals surface area contributed by atoms with Crippen LogP contribution in [-0.2, 0) is 11.3 Å². The molecule has 0 aliphatic heterocycles. The molecule has 0 aliphatic carbocycles. The van der Waals surface area contributed by atoms with Crippen molar-refractivity contribution in [2.45, 2.75) is 33.7 Å². The maximum absolute atomic E-state index is 5.92.